The van der Waals surface area contributed by atoms with Crippen LogP contribution in [0.3, 0.4) is 0 Å². The Balaban J connectivity index is 2.06. The molecule has 0 aliphatic carbocycles. The highest BCUT2D eigenvalue weighted by Gasteiger charge is 2.25. The molecule has 0 radical (unpaired) electrons. The van der Waals surface area contributed by atoms with Crippen molar-refractivity contribution in [2.24, 2.45) is 0 Å². The number of pyridine rings is 1. The van der Waals surface area contributed by atoms with Crippen LogP contribution in [0.15, 0.2) is 18.3 Å². The number of nitrogens with zero attached hydrogens (tertiary/aromatic N) is 2. The molecular weight excluding hydrogens is 256 g/mol. The summed E-state index contributed by atoms with van der Waals surface area (Å²) in [7, 11) is 1.77. The van der Waals surface area contributed by atoms with E-state index < -0.39 is 0 Å². The molecule has 0 unspecified atom stereocenters. The van der Waals surface area contributed by atoms with Crippen LogP contribution < -0.4 is 10.6 Å². The average molecular weight is 276 g/mol. The summed E-state index contributed by atoms with van der Waals surface area (Å²) in [6.45, 7) is 2.80. The first-order valence-electron chi connectivity index (χ1n) is 6.80. The summed E-state index contributed by atoms with van der Waals surface area (Å²) in [5, 5.41) is 5.80. The molecule has 20 heavy (non-hydrogen) atoms. The van der Waals surface area contributed by atoms with Crippen molar-refractivity contribution >= 4 is 17.6 Å². The first-order chi connectivity index (χ1) is 9.60. The van der Waals surface area contributed by atoms with Crippen molar-refractivity contribution in [2.75, 3.05) is 25.5 Å². The summed E-state index contributed by atoms with van der Waals surface area (Å²) in [6.07, 6.45) is 3.44. The molecule has 2 N–H and O–H groups in total. The first-order valence-corrected chi connectivity index (χ1v) is 6.80. The van der Waals surface area contributed by atoms with Crippen LogP contribution in [0.2, 0.25) is 0 Å². The lowest BCUT2D eigenvalue weighted by Gasteiger charge is -2.33. The highest BCUT2D eigenvalue weighted by molar-refractivity contribution is 5.95. The van der Waals surface area contributed by atoms with E-state index in [4.69, 9.17) is 0 Å². The minimum atomic E-state index is -0.0503. The third-order valence-corrected chi connectivity index (χ3v) is 3.38. The highest BCUT2D eigenvalue weighted by Crippen LogP contribution is 2.15. The van der Waals surface area contributed by atoms with Gasteiger partial charge in [0.15, 0.2) is 0 Å². The van der Waals surface area contributed by atoms with Gasteiger partial charge in [-0.2, -0.15) is 0 Å². The van der Waals surface area contributed by atoms with Gasteiger partial charge in [0.1, 0.15) is 5.82 Å². The third-order valence-electron chi connectivity index (χ3n) is 3.38. The maximum atomic E-state index is 12.5. The van der Waals surface area contributed by atoms with Gasteiger partial charge in [-0.25, -0.2) is 4.98 Å². The molecule has 0 aromatic carbocycles. The molecule has 1 aromatic heterocycles. The molecule has 0 saturated carbocycles. The van der Waals surface area contributed by atoms with Gasteiger partial charge in [-0.1, -0.05) is 0 Å². The van der Waals surface area contributed by atoms with Crippen LogP contribution in [0.4, 0.5) is 5.82 Å². The fraction of sp³-hybridized carbons (Fsp3) is 0.500. The normalized spacial score (nSPS) is 18.5. The van der Waals surface area contributed by atoms with Crippen LogP contribution in [0.1, 0.15) is 30.1 Å². The Kier molecular flexibility index (Phi) is 4.55. The van der Waals surface area contributed by atoms with E-state index in [9.17, 15) is 9.59 Å². The maximum Gasteiger partial charge on any atom is 0.254 e. The molecular formula is C14H20N4O2. The average Bonchev–Trinajstić information content (AvgIpc) is 2.46. The van der Waals surface area contributed by atoms with E-state index in [1.165, 1.54) is 6.92 Å². The predicted octanol–water partition coefficient (Wildman–Crippen LogP) is 0.864. The third kappa shape index (κ3) is 3.46. The Labute approximate surface area is 118 Å². The van der Waals surface area contributed by atoms with Gasteiger partial charge in [-0.15, -0.1) is 0 Å². The number of rotatable bonds is 3. The molecule has 1 saturated heterocycles. The van der Waals surface area contributed by atoms with E-state index in [0.29, 0.717) is 17.9 Å². The van der Waals surface area contributed by atoms with Crippen molar-refractivity contribution in [2.45, 2.75) is 25.8 Å². The largest absolute Gasteiger partial charge is 0.373 e. The monoisotopic (exact) mass is 276 g/mol. The molecule has 1 aliphatic rings. The molecule has 2 rings (SSSR count). The van der Waals surface area contributed by atoms with Crippen molar-refractivity contribution in [3.63, 3.8) is 0 Å². The maximum absolute atomic E-state index is 12.5. The second-order valence-electron chi connectivity index (χ2n) is 4.97. The fourth-order valence-corrected chi connectivity index (χ4v) is 2.45. The van der Waals surface area contributed by atoms with Crippen LogP contribution in [0.5, 0.6) is 0 Å². The number of hydrogen-bond acceptors (Lipinski definition) is 4. The fourth-order valence-electron chi connectivity index (χ4n) is 2.45. The van der Waals surface area contributed by atoms with Gasteiger partial charge in [0.2, 0.25) is 5.91 Å². The van der Waals surface area contributed by atoms with Crippen molar-refractivity contribution in [3.05, 3.63) is 23.9 Å². The van der Waals surface area contributed by atoms with Gasteiger partial charge in [-0.3, -0.25) is 9.59 Å². The number of likely N-dealkylation sites (tertiary alicyclic amines) is 1. The zero-order chi connectivity index (χ0) is 14.5. The van der Waals surface area contributed by atoms with Crippen molar-refractivity contribution in [3.8, 4) is 0 Å². The molecule has 1 atom stereocenters. The number of carbonyl (C=O) groups is 2. The molecule has 1 aromatic rings. The lowest BCUT2D eigenvalue weighted by Crippen LogP contribution is -2.49. The van der Waals surface area contributed by atoms with Gasteiger partial charge < -0.3 is 15.5 Å². The number of amides is 2. The predicted molar refractivity (Wildman–Crippen MR) is 76.5 cm³/mol. The summed E-state index contributed by atoms with van der Waals surface area (Å²) in [5.41, 5.74) is 0.618. The quantitative estimate of drug-likeness (QED) is 0.859. The van der Waals surface area contributed by atoms with E-state index in [2.05, 4.69) is 15.6 Å². The second-order valence-corrected chi connectivity index (χ2v) is 4.97. The van der Waals surface area contributed by atoms with Crippen molar-refractivity contribution in [1.29, 1.82) is 0 Å². The van der Waals surface area contributed by atoms with E-state index in [1.807, 2.05) is 0 Å². The number of hydrogen-bond donors (Lipinski definition) is 2. The molecule has 2 amide bonds. The van der Waals surface area contributed by atoms with Gasteiger partial charge in [0, 0.05) is 44.9 Å². The second kappa shape index (κ2) is 6.36. The number of anilines is 1. The van der Waals surface area contributed by atoms with Gasteiger partial charge >= 0.3 is 0 Å². The van der Waals surface area contributed by atoms with Gasteiger partial charge in [0.05, 0.1) is 0 Å². The minimum absolute atomic E-state index is 0.0149. The van der Waals surface area contributed by atoms with E-state index >= 15 is 0 Å². The van der Waals surface area contributed by atoms with E-state index in [-0.39, 0.29) is 17.9 Å². The molecule has 108 valence electrons. The highest BCUT2D eigenvalue weighted by atomic mass is 16.2. The molecule has 1 aliphatic heterocycles. The molecule has 2 heterocycles. The van der Waals surface area contributed by atoms with Crippen LogP contribution in [-0.2, 0) is 4.79 Å². The number of carbonyl (C=O) groups excluding carboxylic acids is 2. The Hall–Kier alpha value is -2.11. The Bertz CT molecular complexity index is 504. The van der Waals surface area contributed by atoms with Crippen molar-refractivity contribution in [1.82, 2.24) is 15.2 Å². The van der Waals surface area contributed by atoms with E-state index in [0.717, 1.165) is 19.4 Å². The molecule has 6 nitrogen and oxygen atoms in total. The molecule has 6 heteroatoms. The minimum Gasteiger partial charge on any atom is -0.373 e. The smallest absolute Gasteiger partial charge is 0.254 e. The van der Waals surface area contributed by atoms with Crippen molar-refractivity contribution < 1.29 is 9.59 Å². The van der Waals surface area contributed by atoms with Crippen LogP contribution in [-0.4, -0.2) is 47.9 Å². The summed E-state index contributed by atoms with van der Waals surface area (Å²) < 4.78 is 0. The lowest BCUT2D eigenvalue weighted by atomic mass is 10.0. The SMILES string of the molecule is CNc1cc(C(=O)N2CCC[C@H](NC(C)=O)C2)ccn1. The van der Waals surface area contributed by atoms with Crippen LogP contribution in [0.25, 0.3) is 0 Å². The standard InChI is InChI=1S/C14H20N4O2/c1-10(19)17-12-4-3-7-18(9-12)14(20)11-5-6-16-13(8-11)15-2/h5-6,8,12H,3-4,7,9H2,1-2H3,(H,15,16)(H,17,19)/t12-/m0/s1. The molecule has 1 fully saturated rings. The first kappa shape index (κ1) is 14.3. The Morgan fingerprint density at radius 2 is 2.25 bits per heavy atom. The number of nitrogens with one attached hydrogen (secondary N) is 2. The Morgan fingerprint density at radius 1 is 1.45 bits per heavy atom. The summed E-state index contributed by atoms with van der Waals surface area (Å²) in [4.78, 5) is 29.5. The molecule has 0 spiro atoms. The van der Waals surface area contributed by atoms with Crippen LogP contribution in [0, 0.1) is 0 Å². The zero-order valence-electron chi connectivity index (χ0n) is 11.8. The summed E-state index contributed by atoms with van der Waals surface area (Å²) >= 11 is 0. The lowest BCUT2D eigenvalue weighted by molar-refractivity contribution is -0.120. The van der Waals surface area contributed by atoms with Gasteiger partial charge in [0.25, 0.3) is 5.91 Å². The number of aromatic nitrogens is 1. The summed E-state index contributed by atoms with van der Waals surface area (Å²) in [5.74, 6) is 0.607. The topological polar surface area (TPSA) is 74.3 Å². The Morgan fingerprint density at radius 3 is 2.95 bits per heavy atom. The van der Waals surface area contributed by atoms with Gasteiger partial charge in [-0.05, 0) is 25.0 Å². The van der Waals surface area contributed by atoms with Crippen LogP contribution >= 0.6 is 0 Å². The summed E-state index contributed by atoms with van der Waals surface area (Å²) in [6, 6.07) is 3.51. The zero-order valence-corrected chi connectivity index (χ0v) is 11.8. The molecule has 0 bridgehead atoms. The van der Waals surface area contributed by atoms with E-state index in [1.54, 1.807) is 30.3 Å². The number of piperidine rings is 1.